The highest BCUT2D eigenvalue weighted by Crippen LogP contribution is 2.32. The van der Waals surface area contributed by atoms with Crippen LogP contribution in [0.15, 0.2) is 56.9 Å². The molecule has 0 aromatic heterocycles. The number of hydrazone groups is 1. The number of rotatable bonds is 6. The lowest BCUT2D eigenvalue weighted by Crippen LogP contribution is -2.18. The molecule has 0 atom stereocenters. The first-order chi connectivity index (χ1) is 11.0. The molecule has 8 heteroatoms. The summed E-state index contributed by atoms with van der Waals surface area (Å²) < 4.78 is 35.2. The van der Waals surface area contributed by atoms with Gasteiger partial charge in [-0.2, -0.15) is 13.5 Å². The fraction of sp³-hybridized carbons (Fsp3) is 0.133. The van der Waals surface area contributed by atoms with E-state index in [0.29, 0.717) is 21.5 Å². The number of hydrogen-bond acceptors (Lipinski definition) is 5. The quantitative estimate of drug-likeness (QED) is 0.599. The number of nitrogens with one attached hydrogen (secondary N) is 1. The van der Waals surface area contributed by atoms with Crippen molar-refractivity contribution in [2.24, 2.45) is 5.10 Å². The zero-order valence-corrected chi connectivity index (χ0v) is 14.9. The van der Waals surface area contributed by atoms with E-state index >= 15 is 0 Å². The van der Waals surface area contributed by atoms with Crippen molar-refractivity contribution in [2.75, 3.05) is 14.2 Å². The van der Waals surface area contributed by atoms with Crippen LogP contribution >= 0.6 is 15.9 Å². The van der Waals surface area contributed by atoms with Crippen molar-refractivity contribution < 1.29 is 17.9 Å². The molecule has 122 valence electrons. The number of nitrogens with zero attached hydrogens (tertiary/aromatic N) is 1. The first kappa shape index (κ1) is 17.3. The van der Waals surface area contributed by atoms with Gasteiger partial charge < -0.3 is 9.47 Å². The Balaban J connectivity index is 2.21. The van der Waals surface area contributed by atoms with Gasteiger partial charge >= 0.3 is 0 Å². The second-order valence-corrected chi connectivity index (χ2v) is 6.91. The molecule has 2 aromatic carbocycles. The van der Waals surface area contributed by atoms with Gasteiger partial charge in [0, 0.05) is 10.0 Å². The summed E-state index contributed by atoms with van der Waals surface area (Å²) >= 11 is 3.37. The molecule has 0 heterocycles. The summed E-state index contributed by atoms with van der Waals surface area (Å²) in [5.41, 5.74) is 0.637. The first-order valence-electron chi connectivity index (χ1n) is 6.49. The highest BCUT2D eigenvalue weighted by Gasteiger charge is 2.12. The van der Waals surface area contributed by atoms with Gasteiger partial charge in [0.05, 0.1) is 25.3 Å². The minimum atomic E-state index is -3.69. The van der Waals surface area contributed by atoms with Gasteiger partial charge in [0.15, 0.2) is 11.5 Å². The zero-order chi connectivity index (χ0) is 16.9. The van der Waals surface area contributed by atoms with Gasteiger partial charge in [0.2, 0.25) is 0 Å². The van der Waals surface area contributed by atoms with Crippen LogP contribution in [0.5, 0.6) is 11.5 Å². The number of halogens is 1. The maximum absolute atomic E-state index is 12.0. The molecule has 0 aliphatic heterocycles. The van der Waals surface area contributed by atoms with E-state index in [2.05, 4.69) is 25.9 Å². The Morgan fingerprint density at radius 3 is 2.30 bits per heavy atom. The van der Waals surface area contributed by atoms with Gasteiger partial charge in [-0.15, -0.1) is 0 Å². The molecule has 1 N–H and O–H groups in total. The fourth-order valence-electron chi connectivity index (χ4n) is 1.79. The summed E-state index contributed by atoms with van der Waals surface area (Å²) in [6.07, 6.45) is 1.38. The van der Waals surface area contributed by atoms with Crippen LogP contribution in [-0.4, -0.2) is 28.9 Å². The molecule has 0 saturated carbocycles. The second-order valence-electron chi connectivity index (χ2n) is 4.39. The van der Waals surface area contributed by atoms with E-state index in [-0.39, 0.29) is 4.90 Å². The molecule has 6 nitrogen and oxygen atoms in total. The van der Waals surface area contributed by atoms with Crippen molar-refractivity contribution in [3.8, 4) is 11.5 Å². The lowest BCUT2D eigenvalue weighted by Gasteiger charge is -2.09. The largest absolute Gasteiger partial charge is 0.493 e. The van der Waals surface area contributed by atoms with Gasteiger partial charge in [-0.3, -0.25) is 0 Å². The number of benzene rings is 2. The molecule has 0 spiro atoms. The van der Waals surface area contributed by atoms with Gasteiger partial charge in [0.25, 0.3) is 10.0 Å². The number of methoxy groups -OCH3 is 2. The molecule has 0 aliphatic rings. The molecular formula is C15H15BrN2O4S. The van der Waals surface area contributed by atoms with Crippen LogP contribution < -0.4 is 14.3 Å². The van der Waals surface area contributed by atoms with Crippen molar-refractivity contribution >= 4 is 32.2 Å². The van der Waals surface area contributed by atoms with Crippen LogP contribution in [-0.2, 0) is 10.0 Å². The third-order valence-electron chi connectivity index (χ3n) is 2.93. The van der Waals surface area contributed by atoms with E-state index < -0.39 is 10.0 Å². The van der Waals surface area contributed by atoms with Crippen molar-refractivity contribution in [2.45, 2.75) is 4.90 Å². The smallest absolute Gasteiger partial charge is 0.276 e. The van der Waals surface area contributed by atoms with Gasteiger partial charge in [0.1, 0.15) is 0 Å². The first-order valence-corrected chi connectivity index (χ1v) is 8.77. The predicted octanol–water partition coefficient (Wildman–Crippen LogP) is 2.78. The third kappa shape index (κ3) is 4.23. The minimum absolute atomic E-state index is 0.142. The zero-order valence-electron chi connectivity index (χ0n) is 12.5. The van der Waals surface area contributed by atoms with Crippen LogP contribution in [0.2, 0.25) is 0 Å². The third-order valence-corrected chi connectivity index (χ3v) is 4.86. The van der Waals surface area contributed by atoms with E-state index in [1.54, 1.807) is 30.3 Å². The Bertz CT molecular complexity index is 808. The number of sulfonamides is 1. The monoisotopic (exact) mass is 398 g/mol. The van der Waals surface area contributed by atoms with Crippen LogP contribution in [0.3, 0.4) is 0 Å². The van der Waals surface area contributed by atoms with Crippen molar-refractivity contribution in [1.29, 1.82) is 0 Å². The van der Waals surface area contributed by atoms with Crippen molar-refractivity contribution in [3.05, 3.63) is 52.5 Å². The van der Waals surface area contributed by atoms with E-state index in [4.69, 9.17) is 9.47 Å². The molecule has 0 radical (unpaired) electrons. The molecule has 0 saturated heterocycles. The maximum Gasteiger partial charge on any atom is 0.276 e. The van der Waals surface area contributed by atoms with Gasteiger partial charge in [-0.25, -0.2) is 4.83 Å². The Hall–Kier alpha value is -2.06. The Kier molecular flexibility index (Phi) is 5.62. The molecule has 2 aromatic rings. The van der Waals surface area contributed by atoms with Crippen molar-refractivity contribution in [3.63, 3.8) is 0 Å². The molecule has 0 fully saturated rings. The average molecular weight is 399 g/mol. The summed E-state index contributed by atoms with van der Waals surface area (Å²) in [5.74, 6) is 1.07. The van der Waals surface area contributed by atoms with Crippen LogP contribution in [0.25, 0.3) is 0 Å². The summed E-state index contributed by atoms with van der Waals surface area (Å²) in [6.45, 7) is 0. The Morgan fingerprint density at radius 2 is 1.70 bits per heavy atom. The topological polar surface area (TPSA) is 77.0 Å². The Labute approximate surface area is 143 Å². The summed E-state index contributed by atoms with van der Waals surface area (Å²) in [4.78, 5) is 2.31. The maximum atomic E-state index is 12.0. The van der Waals surface area contributed by atoms with E-state index in [1.807, 2.05) is 0 Å². The summed E-state index contributed by atoms with van der Waals surface area (Å²) in [5, 5.41) is 3.79. The number of hydrogen-bond donors (Lipinski definition) is 1. The highest BCUT2D eigenvalue weighted by molar-refractivity contribution is 9.10. The van der Waals surface area contributed by atoms with Crippen molar-refractivity contribution in [1.82, 2.24) is 4.83 Å². The molecular weight excluding hydrogens is 384 g/mol. The number of ether oxygens (including phenoxy) is 2. The fourth-order valence-corrected chi connectivity index (χ4v) is 3.02. The minimum Gasteiger partial charge on any atom is -0.493 e. The summed E-state index contributed by atoms with van der Waals surface area (Å²) in [7, 11) is -0.639. The SMILES string of the molecule is COc1cc(Br)c(/C=N\NS(=O)(=O)c2ccccc2)cc1OC. The molecule has 2 rings (SSSR count). The lowest BCUT2D eigenvalue weighted by atomic mass is 10.2. The van der Waals surface area contributed by atoms with E-state index in [9.17, 15) is 8.42 Å². The van der Waals surface area contributed by atoms with E-state index in [1.165, 1.54) is 32.6 Å². The Morgan fingerprint density at radius 1 is 1.09 bits per heavy atom. The van der Waals surface area contributed by atoms with E-state index in [0.717, 1.165) is 0 Å². The van der Waals surface area contributed by atoms with Gasteiger partial charge in [-0.05, 0) is 40.2 Å². The van der Waals surface area contributed by atoms with Crippen LogP contribution in [0, 0.1) is 0 Å². The molecule has 0 amide bonds. The normalized spacial score (nSPS) is 11.4. The second kappa shape index (κ2) is 7.47. The summed E-state index contributed by atoms with van der Waals surface area (Å²) in [6, 6.07) is 11.4. The molecule has 0 aliphatic carbocycles. The predicted molar refractivity (Wildman–Crippen MR) is 91.6 cm³/mol. The van der Waals surface area contributed by atoms with Gasteiger partial charge in [-0.1, -0.05) is 18.2 Å². The molecule has 0 unspecified atom stereocenters. The molecule has 23 heavy (non-hydrogen) atoms. The van der Waals surface area contributed by atoms with Crippen LogP contribution in [0.1, 0.15) is 5.56 Å². The highest BCUT2D eigenvalue weighted by atomic mass is 79.9. The lowest BCUT2D eigenvalue weighted by molar-refractivity contribution is 0.354. The molecule has 0 bridgehead atoms. The average Bonchev–Trinajstić information content (AvgIpc) is 2.56. The van der Waals surface area contributed by atoms with Crippen LogP contribution in [0.4, 0.5) is 0 Å². The standard InChI is InChI=1S/C15H15BrN2O4S/c1-21-14-8-11(13(16)9-15(14)22-2)10-17-18-23(19,20)12-6-4-3-5-7-12/h3-10,18H,1-2H3/b17-10-.